The molecule has 0 aromatic heterocycles. The first-order valence-electron chi connectivity index (χ1n) is 7.92. The number of nitrogens with zero attached hydrogens (tertiary/aromatic N) is 1. The van der Waals surface area contributed by atoms with Crippen molar-refractivity contribution in [3.63, 3.8) is 0 Å². The standard InChI is InChI=1S/C19H16F3N3O2/c1-12-5-6-15(8-16(12)25-17(26)9-19(20,21)22)18(27)24-11-14-4-2-3-13(7-14)10-23/h2-8H,9,11H2,1H3,(H,24,27)(H,25,26). The van der Waals surface area contributed by atoms with Gasteiger partial charge in [0.1, 0.15) is 6.42 Å². The maximum absolute atomic E-state index is 12.3. The zero-order chi connectivity index (χ0) is 20.0. The van der Waals surface area contributed by atoms with Crippen molar-refractivity contribution in [2.75, 3.05) is 5.32 Å². The summed E-state index contributed by atoms with van der Waals surface area (Å²) in [7, 11) is 0. The van der Waals surface area contributed by atoms with E-state index in [4.69, 9.17) is 5.26 Å². The van der Waals surface area contributed by atoms with Gasteiger partial charge in [-0.2, -0.15) is 18.4 Å². The molecule has 0 unspecified atom stereocenters. The Morgan fingerprint density at radius 3 is 2.56 bits per heavy atom. The van der Waals surface area contributed by atoms with Crippen LogP contribution in [-0.4, -0.2) is 18.0 Å². The highest BCUT2D eigenvalue weighted by atomic mass is 19.4. The lowest BCUT2D eigenvalue weighted by Crippen LogP contribution is -2.24. The van der Waals surface area contributed by atoms with E-state index in [1.807, 2.05) is 6.07 Å². The minimum absolute atomic E-state index is 0.142. The molecule has 0 spiro atoms. The van der Waals surface area contributed by atoms with Crippen molar-refractivity contribution >= 4 is 17.5 Å². The first-order chi connectivity index (χ1) is 12.7. The van der Waals surface area contributed by atoms with Gasteiger partial charge in [-0.25, -0.2) is 0 Å². The lowest BCUT2D eigenvalue weighted by atomic mass is 10.1. The number of anilines is 1. The van der Waals surface area contributed by atoms with Gasteiger partial charge in [0.2, 0.25) is 5.91 Å². The van der Waals surface area contributed by atoms with Gasteiger partial charge in [-0.15, -0.1) is 0 Å². The number of carbonyl (C=O) groups is 2. The highest BCUT2D eigenvalue weighted by Crippen LogP contribution is 2.22. The number of hydrogen-bond donors (Lipinski definition) is 2. The second-order valence-corrected chi connectivity index (χ2v) is 5.86. The minimum atomic E-state index is -4.61. The fourth-order valence-electron chi connectivity index (χ4n) is 2.31. The summed E-state index contributed by atoms with van der Waals surface area (Å²) >= 11 is 0. The quantitative estimate of drug-likeness (QED) is 0.836. The second kappa shape index (κ2) is 8.36. The molecule has 0 heterocycles. The van der Waals surface area contributed by atoms with Gasteiger partial charge < -0.3 is 10.6 Å². The first kappa shape index (κ1) is 20.0. The summed E-state index contributed by atoms with van der Waals surface area (Å²) in [6.45, 7) is 1.79. The molecule has 27 heavy (non-hydrogen) atoms. The molecule has 5 nitrogen and oxygen atoms in total. The molecule has 2 aromatic carbocycles. The molecule has 0 aliphatic rings. The van der Waals surface area contributed by atoms with Crippen LogP contribution in [0.25, 0.3) is 0 Å². The Morgan fingerprint density at radius 2 is 1.89 bits per heavy atom. The van der Waals surface area contributed by atoms with Gasteiger partial charge in [0, 0.05) is 17.8 Å². The molecule has 2 N–H and O–H groups in total. The normalized spacial score (nSPS) is 10.8. The number of hydrogen-bond acceptors (Lipinski definition) is 3. The Kier molecular flexibility index (Phi) is 6.19. The van der Waals surface area contributed by atoms with Gasteiger partial charge in [0.05, 0.1) is 11.6 Å². The Balaban J connectivity index is 2.06. The fraction of sp³-hybridized carbons (Fsp3) is 0.211. The zero-order valence-corrected chi connectivity index (χ0v) is 14.4. The Hall–Kier alpha value is -3.34. The van der Waals surface area contributed by atoms with E-state index in [9.17, 15) is 22.8 Å². The van der Waals surface area contributed by atoms with E-state index in [1.165, 1.54) is 18.2 Å². The van der Waals surface area contributed by atoms with Gasteiger partial charge in [0.15, 0.2) is 0 Å². The van der Waals surface area contributed by atoms with Crippen LogP contribution in [0.15, 0.2) is 42.5 Å². The van der Waals surface area contributed by atoms with Crippen LogP contribution in [0.1, 0.15) is 33.5 Å². The molecule has 140 valence electrons. The average Bonchev–Trinajstić information content (AvgIpc) is 2.60. The summed E-state index contributed by atoms with van der Waals surface area (Å²) in [6, 6.07) is 13.1. The summed E-state index contributed by atoms with van der Waals surface area (Å²) in [5, 5.41) is 13.7. The van der Waals surface area contributed by atoms with Crippen LogP contribution in [0, 0.1) is 18.3 Å². The summed E-state index contributed by atoms with van der Waals surface area (Å²) in [5.41, 5.74) is 2.06. The van der Waals surface area contributed by atoms with E-state index in [1.54, 1.807) is 31.2 Å². The van der Waals surface area contributed by atoms with Gasteiger partial charge in [-0.1, -0.05) is 18.2 Å². The highest BCUT2D eigenvalue weighted by molar-refractivity contribution is 5.97. The number of aryl methyl sites for hydroxylation is 1. The van der Waals surface area contributed by atoms with Gasteiger partial charge in [0.25, 0.3) is 5.91 Å². The highest BCUT2D eigenvalue weighted by Gasteiger charge is 2.31. The largest absolute Gasteiger partial charge is 0.397 e. The van der Waals surface area contributed by atoms with Crippen LogP contribution < -0.4 is 10.6 Å². The van der Waals surface area contributed by atoms with E-state index in [2.05, 4.69) is 10.6 Å². The molecule has 0 fully saturated rings. The smallest absolute Gasteiger partial charge is 0.348 e. The molecule has 0 saturated carbocycles. The maximum Gasteiger partial charge on any atom is 0.397 e. The number of nitriles is 1. The lowest BCUT2D eigenvalue weighted by Gasteiger charge is -2.12. The molecule has 2 rings (SSSR count). The molecule has 8 heteroatoms. The third-order valence-corrected chi connectivity index (χ3v) is 3.64. The van der Waals surface area contributed by atoms with Crippen molar-refractivity contribution < 1.29 is 22.8 Å². The number of carbonyl (C=O) groups excluding carboxylic acids is 2. The van der Waals surface area contributed by atoms with Crippen LogP contribution in [0.2, 0.25) is 0 Å². The topological polar surface area (TPSA) is 82.0 Å². The third-order valence-electron chi connectivity index (χ3n) is 3.64. The van der Waals surface area contributed by atoms with Crippen molar-refractivity contribution in [3.05, 3.63) is 64.7 Å². The molecule has 2 aromatic rings. The van der Waals surface area contributed by atoms with Crippen LogP contribution in [0.5, 0.6) is 0 Å². The van der Waals surface area contributed by atoms with E-state index < -0.39 is 24.4 Å². The summed E-state index contributed by atoms with van der Waals surface area (Å²) in [5.74, 6) is -1.65. The SMILES string of the molecule is Cc1ccc(C(=O)NCc2cccc(C#N)c2)cc1NC(=O)CC(F)(F)F. The van der Waals surface area contributed by atoms with E-state index in [0.717, 1.165) is 5.56 Å². The number of rotatable bonds is 5. The Morgan fingerprint density at radius 1 is 1.15 bits per heavy atom. The van der Waals surface area contributed by atoms with Crippen molar-refractivity contribution in [2.24, 2.45) is 0 Å². The molecular weight excluding hydrogens is 359 g/mol. The van der Waals surface area contributed by atoms with Crippen LogP contribution in [0.3, 0.4) is 0 Å². The maximum atomic E-state index is 12.3. The number of benzene rings is 2. The third kappa shape index (κ3) is 6.15. The molecular formula is C19H16F3N3O2. The second-order valence-electron chi connectivity index (χ2n) is 5.86. The van der Waals surface area contributed by atoms with Crippen molar-refractivity contribution in [2.45, 2.75) is 26.1 Å². The predicted molar refractivity (Wildman–Crippen MR) is 92.8 cm³/mol. The molecule has 0 aliphatic carbocycles. The fourth-order valence-corrected chi connectivity index (χ4v) is 2.31. The number of alkyl halides is 3. The van der Waals surface area contributed by atoms with Crippen LogP contribution >= 0.6 is 0 Å². The molecule has 2 amide bonds. The van der Waals surface area contributed by atoms with Gasteiger partial charge >= 0.3 is 6.18 Å². The van der Waals surface area contributed by atoms with Crippen LogP contribution in [-0.2, 0) is 11.3 Å². The molecule has 0 saturated heterocycles. The van der Waals surface area contributed by atoms with E-state index in [-0.39, 0.29) is 17.8 Å². The lowest BCUT2D eigenvalue weighted by molar-refractivity contribution is -0.150. The predicted octanol–water partition coefficient (Wildman–Crippen LogP) is 3.69. The molecule has 0 atom stereocenters. The van der Waals surface area contributed by atoms with Crippen molar-refractivity contribution in [1.82, 2.24) is 5.32 Å². The Bertz CT molecular complexity index is 902. The van der Waals surface area contributed by atoms with Crippen molar-refractivity contribution in [1.29, 1.82) is 5.26 Å². The number of amides is 2. The Labute approximate surface area is 153 Å². The molecule has 0 radical (unpaired) electrons. The van der Waals surface area contributed by atoms with Crippen molar-refractivity contribution in [3.8, 4) is 6.07 Å². The first-order valence-corrected chi connectivity index (χ1v) is 7.92. The van der Waals surface area contributed by atoms with E-state index >= 15 is 0 Å². The van der Waals surface area contributed by atoms with Gasteiger partial charge in [-0.3, -0.25) is 9.59 Å². The van der Waals surface area contributed by atoms with Gasteiger partial charge in [-0.05, 0) is 42.3 Å². The zero-order valence-electron chi connectivity index (χ0n) is 14.4. The molecule has 0 bridgehead atoms. The van der Waals surface area contributed by atoms with Crippen LogP contribution in [0.4, 0.5) is 18.9 Å². The van der Waals surface area contributed by atoms with E-state index in [0.29, 0.717) is 11.1 Å². The number of halogens is 3. The number of nitrogens with one attached hydrogen (secondary N) is 2. The summed E-state index contributed by atoms with van der Waals surface area (Å²) < 4.78 is 36.9. The summed E-state index contributed by atoms with van der Waals surface area (Å²) in [4.78, 5) is 23.8. The minimum Gasteiger partial charge on any atom is -0.348 e. The summed E-state index contributed by atoms with van der Waals surface area (Å²) in [6.07, 6.45) is -6.21. The monoisotopic (exact) mass is 375 g/mol. The molecule has 0 aliphatic heterocycles. The average molecular weight is 375 g/mol.